The number of halogens is 2. The van der Waals surface area contributed by atoms with Crippen LogP contribution in [0.4, 0.5) is 8.78 Å². The van der Waals surface area contributed by atoms with Gasteiger partial charge in [-0.15, -0.1) is 0 Å². The van der Waals surface area contributed by atoms with E-state index in [0.717, 1.165) is 12.1 Å². The van der Waals surface area contributed by atoms with Gasteiger partial charge in [-0.3, -0.25) is 9.59 Å². The molecule has 1 saturated heterocycles. The Morgan fingerprint density at radius 2 is 2.10 bits per heavy atom. The van der Waals surface area contributed by atoms with Gasteiger partial charge in [-0.25, -0.2) is 8.78 Å². The van der Waals surface area contributed by atoms with E-state index in [0.29, 0.717) is 19.4 Å². The van der Waals surface area contributed by atoms with Crippen molar-refractivity contribution in [2.45, 2.75) is 32.2 Å². The van der Waals surface area contributed by atoms with Crippen LogP contribution in [0.2, 0.25) is 0 Å². The third kappa shape index (κ3) is 3.37. The highest BCUT2D eigenvalue weighted by Gasteiger charge is 2.35. The van der Waals surface area contributed by atoms with E-state index in [1.807, 2.05) is 0 Å². The number of nitrogens with zero attached hydrogens (tertiary/aromatic N) is 1. The molecule has 0 bridgehead atoms. The van der Waals surface area contributed by atoms with Crippen LogP contribution in [0.5, 0.6) is 0 Å². The van der Waals surface area contributed by atoms with Crippen LogP contribution >= 0.6 is 0 Å². The number of carboxylic acid groups (broad SMARTS) is 1. The fourth-order valence-electron chi connectivity index (χ4n) is 2.75. The lowest BCUT2D eigenvalue weighted by Crippen LogP contribution is -2.49. The van der Waals surface area contributed by atoms with Crippen molar-refractivity contribution < 1.29 is 23.5 Å². The maximum absolute atomic E-state index is 13.6. The Morgan fingerprint density at radius 3 is 2.71 bits per heavy atom. The van der Waals surface area contributed by atoms with E-state index in [9.17, 15) is 18.4 Å². The minimum Gasteiger partial charge on any atom is -0.481 e. The highest BCUT2D eigenvalue weighted by Crippen LogP contribution is 2.24. The number of benzene rings is 1. The number of hydrogen-bond donors (Lipinski definition) is 1. The largest absolute Gasteiger partial charge is 0.481 e. The van der Waals surface area contributed by atoms with Gasteiger partial charge < -0.3 is 10.0 Å². The molecule has 0 saturated carbocycles. The predicted octanol–water partition coefficient (Wildman–Crippen LogP) is 2.22. The summed E-state index contributed by atoms with van der Waals surface area (Å²) in [6, 6.07) is 2.66. The van der Waals surface area contributed by atoms with Crippen LogP contribution in [0.15, 0.2) is 18.2 Å². The Kier molecular flexibility index (Phi) is 4.55. The topological polar surface area (TPSA) is 57.6 Å². The maximum atomic E-state index is 13.6. The number of likely N-dealkylation sites (tertiary alicyclic amines) is 1. The van der Waals surface area contributed by atoms with Gasteiger partial charge in [0.25, 0.3) is 0 Å². The van der Waals surface area contributed by atoms with Gasteiger partial charge in [0.05, 0.1) is 12.3 Å². The van der Waals surface area contributed by atoms with Crippen molar-refractivity contribution in [2.75, 3.05) is 6.54 Å². The van der Waals surface area contributed by atoms with Gasteiger partial charge in [0.2, 0.25) is 5.91 Å². The molecule has 1 amide bonds. The summed E-state index contributed by atoms with van der Waals surface area (Å²) in [5.41, 5.74) is 0.117. The van der Waals surface area contributed by atoms with Gasteiger partial charge in [-0.05, 0) is 31.4 Å². The van der Waals surface area contributed by atoms with Crippen molar-refractivity contribution in [3.8, 4) is 0 Å². The van der Waals surface area contributed by atoms with Gasteiger partial charge in [-0.1, -0.05) is 6.07 Å². The molecule has 1 fully saturated rings. The number of carbonyl (C=O) groups excluding carboxylic acids is 1. The molecule has 1 aliphatic heterocycles. The fourth-order valence-corrected chi connectivity index (χ4v) is 2.75. The normalized spacial score (nSPS) is 22.1. The summed E-state index contributed by atoms with van der Waals surface area (Å²) in [5.74, 6) is -3.31. The molecule has 1 aromatic rings. The summed E-state index contributed by atoms with van der Waals surface area (Å²) >= 11 is 0. The Hall–Kier alpha value is -1.98. The monoisotopic (exact) mass is 297 g/mol. The molecule has 6 heteroatoms. The zero-order valence-corrected chi connectivity index (χ0v) is 11.7. The number of amides is 1. The van der Waals surface area contributed by atoms with Crippen molar-refractivity contribution in [1.82, 2.24) is 4.90 Å². The molecule has 1 heterocycles. The first-order chi connectivity index (χ1) is 9.90. The van der Waals surface area contributed by atoms with Crippen LogP contribution in [0, 0.1) is 17.6 Å². The van der Waals surface area contributed by atoms with Crippen molar-refractivity contribution in [3.63, 3.8) is 0 Å². The summed E-state index contributed by atoms with van der Waals surface area (Å²) in [5, 5.41) is 9.13. The number of aliphatic carboxylic acids is 1. The first kappa shape index (κ1) is 15.4. The maximum Gasteiger partial charge on any atom is 0.308 e. The second-order valence-corrected chi connectivity index (χ2v) is 5.33. The first-order valence-electron chi connectivity index (χ1n) is 6.86. The minimum absolute atomic E-state index is 0.117. The summed E-state index contributed by atoms with van der Waals surface area (Å²) in [6.45, 7) is 2.16. The molecule has 0 aliphatic carbocycles. The van der Waals surface area contributed by atoms with Crippen LogP contribution in [0.3, 0.4) is 0 Å². The summed E-state index contributed by atoms with van der Waals surface area (Å²) in [7, 11) is 0. The molecule has 0 radical (unpaired) electrons. The molecule has 0 unspecified atom stereocenters. The molecular formula is C15H17F2NO3. The number of carbonyl (C=O) groups is 2. The van der Waals surface area contributed by atoms with Crippen LogP contribution in [-0.4, -0.2) is 34.5 Å². The Balaban J connectivity index is 2.10. The van der Waals surface area contributed by atoms with Gasteiger partial charge >= 0.3 is 5.97 Å². The van der Waals surface area contributed by atoms with Crippen LogP contribution in [0.1, 0.15) is 25.3 Å². The average Bonchev–Trinajstić information content (AvgIpc) is 2.41. The summed E-state index contributed by atoms with van der Waals surface area (Å²) < 4.78 is 26.4. The third-order valence-electron chi connectivity index (χ3n) is 3.98. The molecule has 0 spiro atoms. The zero-order valence-electron chi connectivity index (χ0n) is 11.7. The number of hydrogen-bond acceptors (Lipinski definition) is 2. The second-order valence-electron chi connectivity index (χ2n) is 5.33. The zero-order chi connectivity index (χ0) is 15.6. The van der Waals surface area contributed by atoms with Gasteiger partial charge in [0, 0.05) is 18.7 Å². The summed E-state index contributed by atoms with van der Waals surface area (Å²) in [4.78, 5) is 24.9. The van der Waals surface area contributed by atoms with E-state index in [2.05, 4.69) is 0 Å². The van der Waals surface area contributed by atoms with Crippen molar-refractivity contribution in [2.24, 2.45) is 5.92 Å². The standard InChI is InChI=1S/C15H17F2NO3/c1-9-12(15(20)21)3-2-6-18(9)14(19)7-10-4-5-11(16)8-13(10)17/h4-5,8-9,12H,2-3,6-7H2,1H3,(H,20,21)/t9-,12-/m1/s1. The molecule has 1 aliphatic rings. The molecule has 0 aromatic heterocycles. The lowest BCUT2D eigenvalue weighted by molar-refractivity contribution is -0.148. The highest BCUT2D eigenvalue weighted by molar-refractivity contribution is 5.80. The highest BCUT2D eigenvalue weighted by atomic mass is 19.1. The molecule has 114 valence electrons. The molecule has 1 N–H and O–H groups in total. The molecule has 1 aromatic carbocycles. The second kappa shape index (κ2) is 6.20. The van der Waals surface area contributed by atoms with Crippen molar-refractivity contribution in [1.29, 1.82) is 0 Å². The van der Waals surface area contributed by atoms with Crippen molar-refractivity contribution in [3.05, 3.63) is 35.4 Å². The van der Waals surface area contributed by atoms with Gasteiger partial charge in [0.1, 0.15) is 11.6 Å². The molecule has 2 rings (SSSR count). The Morgan fingerprint density at radius 1 is 1.38 bits per heavy atom. The van der Waals surface area contributed by atoms with Crippen LogP contribution in [0.25, 0.3) is 0 Å². The Labute approximate surface area is 121 Å². The third-order valence-corrected chi connectivity index (χ3v) is 3.98. The number of carboxylic acids is 1. The van der Waals surface area contributed by atoms with E-state index < -0.39 is 29.6 Å². The van der Waals surface area contributed by atoms with E-state index in [1.165, 1.54) is 11.0 Å². The van der Waals surface area contributed by atoms with Crippen LogP contribution < -0.4 is 0 Å². The fraction of sp³-hybridized carbons (Fsp3) is 0.467. The quantitative estimate of drug-likeness (QED) is 0.930. The van der Waals surface area contributed by atoms with E-state index in [4.69, 9.17) is 5.11 Å². The van der Waals surface area contributed by atoms with E-state index in [1.54, 1.807) is 6.92 Å². The smallest absolute Gasteiger partial charge is 0.308 e. The molecular weight excluding hydrogens is 280 g/mol. The number of rotatable bonds is 3. The Bertz CT molecular complexity index is 562. The van der Waals surface area contributed by atoms with Crippen LogP contribution in [-0.2, 0) is 16.0 Å². The first-order valence-corrected chi connectivity index (χ1v) is 6.86. The van der Waals surface area contributed by atoms with E-state index in [-0.39, 0.29) is 17.9 Å². The van der Waals surface area contributed by atoms with E-state index >= 15 is 0 Å². The number of piperidine rings is 1. The minimum atomic E-state index is -0.923. The van der Waals surface area contributed by atoms with Crippen molar-refractivity contribution >= 4 is 11.9 Å². The molecule has 2 atom stereocenters. The molecule has 21 heavy (non-hydrogen) atoms. The predicted molar refractivity (Wildman–Crippen MR) is 71.6 cm³/mol. The van der Waals surface area contributed by atoms with Gasteiger partial charge in [-0.2, -0.15) is 0 Å². The lowest BCUT2D eigenvalue weighted by Gasteiger charge is -2.37. The average molecular weight is 297 g/mol. The summed E-state index contributed by atoms with van der Waals surface area (Å²) in [6.07, 6.45) is 0.951. The SMILES string of the molecule is C[C@@H]1[C@H](C(=O)O)CCCN1C(=O)Cc1ccc(F)cc1F. The lowest BCUT2D eigenvalue weighted by atomic mass is 9.90. The van der Waals surface area contributed by atoms with Gasteiger partial charge in [0.15, 0.2) is 0 Å². The molecule has 4 nitrogen and oxygen atoms in total.